The Kier molecular flexibility index (Phi) is 4.95. The Morgan fingerprint density at radius 3 is 2.57 bits per heavy atom. The van der Waals surface area contributed by atoms with Crippen LogP contribution in [0.2, 0.25) is 0 Å². The summed E-state index contributed by atoms with van der Waals surface area (Å²) in [5.41, 5.74) is 2.47. The van der Waals surface area contributed by atoms with Crippen LogP contribution in [-0.4, -0.2) is 53.8 Å². The molecular formula is C20H20N4O3S. The van der Waals surface area contributed by atoms with Crippen LogP contribution >= 0.6 is 0 Å². The average Bonchev–Trinajstić information content (AvgIpc) is 2.72. The molecule has 0 atom stereocenters. The first kappa shape index (κ1) is 18.4. The third-order valence-corrected chi connectivity index (χ3v) is 6.43. The number of benzene rings is 1. The van der Waals surface area contributed by atoms with Gasteiger partial charge in [0.1, 0.15) is 5.82 Å². The molecule has 0 aliphatic carbocycles. The summed E-state index contributed by atoms with van der Waals surface area (Å²) in [6, 6.07) is 13.4. The average molecular weight is 396 g/mol. The van der Waals surface area contributed by atoms with E-state index in [0.717, 1.165) is 16.5 Å². The molecule has 1 saturated heterocycles. The van der Waals surface area contributed by atoms with Crippen molar-refractivity contribution >= 4 is 32.5 Å². The van der Waals surface area contributed by atoms with E-state index >= 15 is 0 Å². The highest BCUT2D eigenvalue weighted by Gasteiger charge is 2.25. The highest BCUT2D eigenvalue weighted by Crippen LogP contribution is 2.17. The van der Waals surface area contributed by atoms with Gasteiger partial charge in [0.05, 0.1) is 22.6 Å². The molecule has 1 amide bonds. The molecule has 3 heterocycles. The minimum atomic E-state index is -3.01. The van der Waals surface area contributed by atoms with Gasteiger partial charge in [0, 0.05) is 37.4 Å². The third-order valence-electron chi connectivity index (χ3n) is 4.82. The van der Waals surface area contributed by atoms with Gasteiger partial charge in [-0.25, -0.2) is 13.4 Å². The maximum Gasteiger partial charge on any atom is 0.255 e. The minimum absolute atomic E-state index is 0.0187. The lowest BCUT2D eigenvalue weighted by atomic mass is 10.1. The predicted molar refractivity (Wildman–Crippen MR) is 108 cm³/mol. The Bertz CT molecular complexity index is 1090. The summed E-state index contributed by atoms with van der Waals surface area (Å²) in [6.45, 7) is 1.03. The van der Waals surface area contributed by atoms with Gasteiger partial charge in [0.25, 0.3) is 5.91 Å². The van der Waals surface area contributed by atoms with Gasteiger partial charge in [-0.05, 0) is 23.8 Å². The largest absolute Gasteiger partial charge is 0.366 e. The number of pyridine rings is 2. The van der Waals surface area contributed by atoms with Crippen molar-refractivity contribution in [1.29, 1.82) is 0 Å². The molecule has 1 fully saturated rings. The topological polar surface area (TPSA) is 92.3 Å². The Morgan fingerprint density at radius 2 is 1.82 bits per heavy atom. The van der Waals surface area contributed by atoms with E-state index in [1.807, 2.05) is 30.3 Å². The molecule has 3 aromatic rings. The van der Waals surface area contributed by atoms with E-state index in [4.69, 9.17) is 0 Å². The molecule has 1 N–H and O–H groups in total. The summed E-state index contributed by atoms with van der Waals surface area (Å²) < 4.78 is 23.0. The maximum atomic E-state index is 12.5. The lowest BCUT2D eigenvalue weighted by molar-refractivity contribution is 0.0770. The predicted octanol–water partition coefficient (Wildman–Crippen LogP) is 2.11. The Hall–Kier alpha value is -3.00. The van der Waals surface area contributed by atoms with Crippen molar-refractivity contribution in [3.63, 3.8) is 0 Å². The van der Waals surface area contributed by atoms with Crippen LogP contribution in [0.4, 0.5) is 5.82 Å². The molecule has 2 aromatic heterocycles. The molecule has 0 saturated carbocycles. The standard InChI is InChI=1S/C20H20N4O3S/c25-20(24-9-11-28(26,27)12-10-24)17-6-7-18(23-14-17)22-13-16-4-1-3-15-5-2-8-21-19(15)16/h1-8,14H,9-13H2,(H,22,23). The Labute approximate surface area is 163 Å². The van der Waals surface area contributed by atoms with E-state index < -0.39 is 9.84 Å². The van der Waals surface area contributed by atoms with Gasteiger partial charge >= 0.3 is 0 Å². The molecule has 8 heteroatoms. The van der Waals surface area contributed by atoms with Crippen LogP contribution in [-0.2, 0) is 16.4 Å². The lowest BCUT2D eigenvalue weighted by Crippen LogP contribution is -2.43. The SMILES string of the molecule is O=C(c1ccc(NCc2cccc3cccnc23)nc1)N1CCS(=O)(=O)CC1. The first-order valence-corrected chi connectivity index (χ1v) is 10.9. The molecule has 144 valence electrons. The quantitative estimate of drug-likeness (QED) is 0.726. The van der Waals surface area contributed by atoms with Gasteiger partial charge < -0.3 is 10.2 Å². The van der Waals surface area contributed by atoms with Crippen molar-refractivity contribution in [2.75, 3.05) is 29.9 Å². The Balaban J connectivity index is 1.41. The first-order chi connectivity index (χ1) is 13.5. The lowest BCUT2D eigenvalue weighted by Gasteiger charge is -2.26. The second-order valence-electron chi connectivity index (χ2n) is 6.72. The zero-order valence-electron chi connectivity index (χ0n) is 15.2. The van der Waals surface area contributed by atoms with Gasteiger partial charge in [-0.3, -0.25) is 9.78 Å². The van der Waals surface area contributed by atoms with E-state index in [2.05, 4.69) is 15.3 Å². The second kappa shape index (κ2) is 7.55. The molecule has 1 aliphatic heterocycles. The summed E-state index contributed by atoms with van der Waals surface area (Å²) in [7, 11) is -3.01. The number of sulfone groups is 1. The number of anilines is 1. The van der Waals surface area contributed by atoms with E-state index in [1.54, 1.807) is 23.2 Å². The fourth-order valence-electron chi connectivity index (χ4n) is 3.22. The van der Waals surface area contributed by atoms with Crippen LogP contribution in [0.25, 0.3) is 10.9 Å². The monoisotopic (exact) mass is 396 g/mol. The minimum Gasteiger partial charge on any atom is -0.366 e. The van der Waals surface area contributed by atoms with Crippen molar-refractivity contribution in [1.82, 2.24) is 14.9 Å². The second-order valence-corrected chi connectivity index (χ2v) is 9.03. The third kappa shape index (κ3) is 3.96. The van der Waals surface area contributed by atoms with Crippen LogP contribution in [0.15, 0.2) is 54.9 Å². The fraction of sp³-hybridized carbons (Fsp3) is 0.250. The number of carbonyl (C=O) groups is 1. The van der Waals surface area contributed by atoms with Crippen LogP contribution in [0, 0.1) is 0 Å². The molecule has 28 heavy (non-hydrogen) atoms. The van der Waals surface area contributed by atoms with Gasteiger partial charge in [-0.15, -0.1) is 0 Å². The van der Waals surface area contributed by atoms with Crippen molar-refractivity contribution in [3.05, 3.63) is 66.0 Å². The molecule has 0 bridgehead atoms. The summed E-state index contributed by atoms with van der Waals surface area (Å²) >= 11 is 0. The highest BCUT2D eigenvalue weighted by atomic mass is 32.2. The normalized spacial score (nSPS) is 16.1. The number of carbonyl (C=O) groups excluding carboxylic acids is 1. The van der Waals surface area contributed by atoms with Crippen LogP contribution in [0.5, 0.6) is 0 Å². The number of para-hydroxylation sites is 1. The van der Waals surface area contributed by atoms with Gasteiger partial charge in [-0.2, -0.15) is 0 Å². The first-order valence-electron chi connectivity index (χ1n) is 9.04. The summed E-state index contributed by atoms with van der Waals surface area (Å²) in [4.78, 5) is 22.8. The molecule has 0 spiro atoms. The number of aromatic nitrogens is 2. The molecule has 0 radical (unpaired) electrons. The van der Waals surface area contributed by atoms with Gasteiger partial charge in [0.15, 0.2) is 9.84 Å². The smallest absolute Gasteiger partial charge is 0.255 e. The van der Waals surface area contributed by atoms with Crippen LogP contribution < -0.4 is 5.32 Å². The highest BCUT2D eigenvalue weighted by molar-refractivity contribution is 7.91. The van der Waals surface area contributed by atoms with Crippen molar-refractivity contribution in [3.8, 4) is 0 Å². The summed E-state index contributed by atoms with van der Waals surface area (Å²) in [5, 5.41) is 4.34. The zero-order chi connectivity index (χ0) is 19.6. The van der Waals surface area contributed by atoms with Crippen molar-refractivity contribution < 1.29 is 13.2 Å². The summed E-state index contributed by atoms with van der Waals surface area (Å²) in [5.74, 6) is 0.508. The number of amides is 1. The summed E-state index contributed by atoms with van der Waals surface area (Å²) in [6.07, 6.45) is 3.30. The molecule has 1 aliphatic rings. The molecular weight excluding hydrogens is 376 g/mol. The molecule has 7 nitrogen and oxygen atoms in total. The number of hydrogen-bond donors (Lipinski definition) is 1. The fourth-order valence-corrected chi connectivity index (χ4v) is 4.42. The maximum absolute atomic E-state index is 12.5. The van der Waals surface area contributed by atoms with E-state index in [1.165, 1.54) is 6.20 Å². The van der Waals surface area contributed by atoms with Crippen LogP contribution in [0.1, 0.15) is 15.9 Å². The number of hydrogen-bond acceptors (Lipinski definition) is 6. The van der Waals surface area contributed by atoms with E-state index in [0.29, 0.717) is 17.9 Å². The van der Waals surface area contributed by atoms with Crippen molar-refractivity contribution in [2.24, 2.45) is 0 Å². The van der Waals surface area contributed by atoms with E-state index in [-0.39, 0.29) is 30.5 Å². The van der Waals surface area contributed by atoms with Crippen molar-refractivity contribution in [2.45, 2.75) is 6.54 Å². The van der Waals surface area contributed by atoms with Gasteiger partial charge in [0.2, 0.25) is 0 Å². The number of fused-ring (bicyclic) bond motifs is 1. The Morgan fingerprint density at radius 1 is 1.04 bits per heavy atom. The molecule has 0 unspecified atom stereocenters. The number of rotatable bonds is 4. The zero-order valence-corrected chi connectivity index (χ0v) is 16.0. The number of nitrogens with one attached hydrogen (secondary N) is 1. The number of nitrogens with zero attached hydrogens (tertiary/aromatic N) is 3. The van der Waals surface area contributed by atoms with E-state index in [9.17, 15) is 13.2 Å². The van der Waals surface area contributed by atoms with Gasteiger partial charge in [-0.1, -0.05) is 24.3 Å². The van der Waals surface area contributed by atoms with Crippen LogP contribution in [0.3, 0.4) is 0 Å². The molecule has 1 aromatic carbocycles. The molecule has 4 rings (SSSR count).